The van der Waals surface area contributed by atoms with Gasteiger partial charge in [0.05, 0.1) is 0 Å². The number of carbonyl (C=O) groups excluding carboxylic acids is 2. The van der Waals surface area contributed by atoms with Gasteiger partial charge in [0.2, 0.25) is 5.78 Å². The summed E-state index contributed by atoms with van der Waals surface area (Å²) >= 11 is 0. The maximum Gasteiger partial charge on any atom is 0.228 e. The predicted octanol–water partition coefficient (Wildman–Crippen LogP) is 2.02. The topological polar surface area (TPSA) is 34.1 Å². The van der Waals surface area contributed by atoms with E-state index in [0.717, 1.165) is 6.42 Å². The Labute approximate surface area is 77.6 Å². The minimum absolute atomic E-state index is 0.413. The summed E-state index contributed by atoms with van der Waals surface area (Å²) in [5.74, 6) is -0.827. The van der Waals surface area contributed by atoms with Gasteiger partial charge in [-0.2, -0.15) is 0 Å². The summed E-state index contributed by atoms with van der Waals surface area (Å²) in [5.41, 5.74) is 1.64. The molecule has 0 atom stereocenters. The van der Waals surface area contributed by atoms with Crippen LogP contribution in [-0.4, -0.2) is 11.6 Å². The third-order valence-electron chi connectivity index (χ3n) is 1.94. The van der Waals surface area contributed by atoms with Gasteiger partial charge in [0.1, 0.15) is 0 Å². The monoisotopic (exact) mass is 176 g/mol. The standard InChI is InChI=1S/C11H12O2/c1-3-9-4-6-10(7-5-9)11(13)8(2)12/h4-7H,3H2,1-2H3. The van der Waals surface area contributed by atoms with Gasteiger partial charge in [0.25, 0.3) is 0 Å². The van der Waals surface area contributed by atoms with E-state index in [9.17, 15) is 9.59 Å². The molecule has 0 aromatic heterocycles. The van der Waals surface area contributed by atoms with Crippen molar-refractivity contribution in [1.82, 2.24) is 0 Å². The Balaban J connectivity index is 2.92. The SMILES string of the molecule is CCc1ccc(C(=O)C(C)=O)cc1. The average molecular weight is 176 g/mol. The molecule has 0 saturated carbocycles. The maximum absolute atomic E-state index is 11.2. The molecule has 0 N–H and O–H groups in total. The molecule has 0 spiro atoms. The lowest BCUT2D eigenvalue weighted by Gasteiger charge is -1.98. The van der Waals surface area contributed by atoms with Gasteiger partial charge < -0.3 is 0 Å². The summed E-state index contributed by atoms with van der Waals surface area (Å²) in [6.07, 6.45) is 0.939. The number of hydrogen-bond donors (Lipinski definition) is 0. The molecular weight excluding hydrogens is 164 g/mol. The van der Waals surface area contributed by atoms with E-state index in [-0.39, 0.29) is 0 Å². The Morgan fingerprint density at radius 1 is 1.15 bits per heavy atom. The van der Waals surface area contributed by atoms with Gasteiger partial charge in [-0.1, -0.05) is 31.2 Å². The zero-order valence-electron chi connectivity index (χ0n) is 7.83. The van der Waals surface area contributed by atoms with E-state index < -0.39 is 11.6 Å². The van der Waals surface area contributed by atoms with Crippen molar-refractivity contribution in [2.45, 2.75) is 20.3 Å². The van der Waals surface area contributed by atoms with E-state index in [1.54, 1.807) is 12.1 Å². The first-order chi connectivity index (χ1) is 6.15. The Morgan fingerprint density at radius 3 is 2.08 bits per heavy atom. The van der Waals surface area contributed by atoms with Crippen LogP contribution in [0.3, 0.4) is 0 Å². The van der Waals surface area contributed by atoms with Crippen LogP contribution in [0.5, 0.6) is 0 Å². The van der Waals surface area contributed by atoms with Gasteiger partial charge in [-0.25, -0.2) is 0 Å². The largest absolute Gasteiger partial charge is 0.291 e. The van der Waals surface area contributed by atoms with Crippen molar-refractivity contribution in [3.63, 3.8) is 0 Å². The first-order valence-electron chi connectivity index (χ1n) is 4.29. The van der Waals surface area contributed by atoms with Crippen LogP contribution < -0.4 is 0 Å². The summed E-state index contributed by atoms with van der Waals surface area (Å²) in [6, 6.07) is 7.14. The van der Waals surface area contributed by atoms with Crippen LogP contribution in [0.15, 0.2) is 24.3 Å². The summed E-state index contributed by atoms with van der Waals surface area (Å²) in [6.45, 7) is 3.33. The molecule has 0 unspecified atom stereocenters. The van der Waals surface area contributed by atoms with Crippen molar-refractivity contribution in [2.24, 2.45) is 0 Å². The van der Waals surface area contributed by atoms with E-state index in [1.807, 2.05) is 19.1 Å². The zero-order chi connectivity index (χ0) is 9.84. The first kappa shape index (κ1) is 9.65. The smallest absolute Gasteiger partial charge is 0.228 e. The fourth-order valence-electron chi connectivity index (χ4n) is 1.10. The van der Waals surface area contributed by atoms with E-state index >= 15 is 0 Å². The van der Waals surface area contributed by atoms with Crippen LogP contribution in [-0.2, 0) is 11.2 Å². The minimum atomic E-state index is -0.414. The molecule has 0 aliphatic rings. The van der Waals surface area contributed by atoms with Crippen molar-refractivity contribution < 1.29 is 9.59 Å². The lowest BCUT2D eigenvalue weighted by molar-refractivity contribution is -0.113. The van der Waals surface area contributed by atoms with Crippen LogP contribution in [0.4, 0.5) is 0 Å². The van der Waals surface area contributed by atoms with Gasteiger partial charge in [0, 0.05) is 12.5 Å². The van der Waals surface area contributed by atoms with Crippen molar-refractivity contribution in [2.75, 3.05) is 0 Å². The fourth-order valence-corrected chi connectivity index (χ4v) is 1.10. The van der Waals surface area contributed by atoms with Crippen LogP contribution in [0.1, 0.15) is 29.8 Å². The number of carbonyl (C=O) groups is 2. The van der Waals surface area contributed by atoms with Crippen molar-refractivity contribution in [1.29, 1.82) is 0 Å². The summed E-state index contributed by atoms with van der Waals surface area (Å²) in [5, 5.41) is 0. The number of aryl methyl sites for hydroxylation is 1. The second kappa shape index (κ2) is 3.99. The van der Waals surface area contributed by atoms with Crippen molar-refractivity contribution in [3.05, 3.63) is 35.4 Å². The van der Waals surface area contributed by atoms with E-state index in [0.29, 0.717) is 5.56 Å². The molecule has 0 fully saturated rings. The van der Waals surface area contributed by atoms with Crippen LogP contribution >= 0.6 is 0 Å². The second-order valence-electron chi connectivity index (χ2n) is 2.94. The molecule has 1 aromatic carbocycles. The van der Waals surface area contributed by atoms with E-state index in [4.69, 9.17) is 0 Å². The van der Waals surface area contributed by atoms with E-state index in [2.05, 4.69) is 0 Å². The predicted molar refractivity (Wildman–Crippen MR) is 50.8 cm³/mol. The second-order valence-corrected chi connectivity index (χ2v) is 2.94. The number of Topliss-reactive ketones (excluding diaryl/α,β-unsaturated/α-hetero) is 2. The molecule has 0 heterocycles. The highest BCUT2D eigenvalue weighted by Gasteiger charge is 2.09. The van der Waals surface area contributed by atoms with Crippen LogP contribution in [0.2, 0.25) is 0 Å². The van der Waals surface area contributed by atoms with Crippen molar-refractivity contribution in [3.8, 4) is 0 Å². The quantitative estimate of drug-likeness (QED) is 0.521. The Morgan fingerprint density at radius 2 is 1.69 bits per heavy atom. The molecule has 2 heteroatoms. The number of hydrogen-bond acceptors (Lipinski definition) is 2. The highest BCUT2D eigenvalue weighted by molar-refractivity contribution is 6.42. The van der Waals surface area contributed by atoms with Crippen LogP contribution in [0.25, 0.3) is 0 Å². The molecule has 0 radical (unpaired) electrons. The number of ketones is 2. The first-order valence-corrected chi connectivity index (χ1v) is 4.29. The van der Waals surface area contributed by atoms with Gasteiger partial charge in [-0.3, -0.25) is 9.59 Å². The molecule has 68 valence electrons. The molecule has 0 saturated heterocycles. The Kier molecular flexibility index (Phi) is 2.96. The summed E-state index contributed by atoms with van der Waals surface area (Å²) in [7, 11) is 0. The molecule has 1 rings (SSSR count). The van der Waals surface area contributed by atoms with Gasteiger partial charge in [-0.15, -0.1) is 0 Å². The molecule has 0 aliphatic heterocycles. The lowest BCUT2D eigenvalue weighted by Crippen LogP contribution is -2.09. The summed E-state index contributed by atoms with van der Waals surface area (Å²) in [4.78, 5) is 21.9. The molecule has 0 aliphatic carbocycles. The molecule has 13 heavy (non-hydrogen) atoms. The van der Waals surface area contributed by atoms with Gasteiger partial charge in [0.15, 0.2) is 5.78 Å². The lowest BCUT2D eigenvalue weighted by atomic mass is 10.1. The third kappa shape index (κ3) is 2.25. The molecule has 1 aromatic rings. The Bertz CT molecular complexity index is 322. The van der Waals surface area contributed by atoms with Gasteiger partial charge in [-0.05, 0) is 12.0 Å². The third-order valence-corrected chi connectivity index (χ3v) is 1.94. The number of benzene rings is 1. The fraction of sp³-hybridized carbons (Fsp3) is 0.273. The van der Waals surface area contributed by atoms with E-state index in [1.165, 1.54) is 12.5 Å². The molecule has 2 nitrogen and oxygen atoms in total. The highest BCUT2D eigenvalue weighted by Crippen LogP contribution is 2.05. The number of rotatable bonds is 3. The van der Waals surface area contributed by atoms with Gasteiger partial charge >= 0.3 is 0 Å². The normalized spacial score (nSPS) is 9.69. The maximum atomic E-state index is 11.2. The average Bonchev–Trinajstić information content (AvgIpc) is 2.17. The molecular formula is C11H12O2. The Hall–Kier alpha value is -1.44. The van der Waals surface area contributed by atoms with Crippen LogP contribution in [0, 0.1) is 0 Å². The minimum Gasteiger partial charge on any atom is -0.291 e. The summed E-state index contributed by atoms with van der Waals surface area (Å²) < 4.78 is 0. The molecule has 0 amide bonds. The van der Waals surface area contributed by atoms with Crippen molar-refractivity contribution >= 4 is 11.6 Å². The zero-order valence-corrected chi connectivity index (χ0v) is 7.83. The highest BCUT2D eigenvalue weighted by atomic mass is 16.2. The molecule has 0 bridgehead atoms.